The zero-order valence-electron chi connectivity index (χ0n) is 18.7. The summed E-state index contributed by atoms with van der Waals surface area (Å²) >= 11 is 6.55. The third kappa shape index (κ3) is 3.82. The van der Waals surface area contributed by atoms with Gasteiger partial charge in [-0.15, -0.1) is 0 Å². The number of carbonyl (C=O) groups is 1. The van der Waals surface area contributed by atoms with Crippen molar-refractivity contribution in [3.8, 4) is 0 Å². The molecular weight excluding hydrogens is 438 g/mol. The lowest BCUT2D eigenvalue weighted by Gasteiger charge is -2.32. The highest BCUT2D eigenvalue weighted by atomic mass is 35.5. The van der Waals surface area contributed by atoms with Crippen LogP contribution in [0, 0.1) is 6.92 Å². The van der Waals surface area contributed by atoms with Crippen molar-refractivity contribution in [1.82, 2.24) is 15.0 Å². The third-order valence-corrected chi connectivity index (χ3v) is 7.15. The molecule has 0 radical (unpaired) electrons. The van der Waals surface area contributed by atoms with Crippen LogP contribution < -0.4 is 10.9 Å². The largest absolute Gasteiger partial charge is 0.360 e. The zero-order chi connectivity index (χ0) is 23.1. The quantitative estimate of drug-likeness (QED) is 0.433. The average Bonchev–Trinajstić information content (AvgIpc) is 3.21. The van der Waals surface area contributed by atoms with E-state index in [0.29, 0.717) is 28.1 Å². The van der Waals surface area contributed by atoms with Crippen LogP contribution in [0.4, 0.5) is 0 Å². The van der Waals surface area contributed by atoms with Gasteiger partial charge in [-0.2, -0.15) is 0 Å². The first-order valence-corrected chi connectivity index (χ1v) is 11.8. The molecule has 0 saturated heterocycles. The number of aryl methyl sites for hydroxylation is 1. The molecule has 3 atom stereocenters. The van der Waals surface area contributed by atoms with E-state index < -0.39 is 0 Å². The fraction of sp³-hybridized carbons (Fsp3) is 0.346. The van der Waals surface area contributed by atoms with Gasteiger partial charge in [-0.1, -0.05) is 53.2 Å². The summed E-state index contributed by atoms with van der Waals surface area (Å²) in [6, 6.07) is 15.3. The summed E-state index contributed by atoms with van der Waals surface area (Å²) in [6.45, 7) is 3.67. The number of pyridine rings is 1. The molecule has 0 spiro atoms. The van der Waals surface area contributed by atoms with E-state index in [1.807, 2.05) is 54.0 Å². The van der Waals surface area contributed by atoms with Gasteiger partial charge in [-0.25, -0.2) is 0 Å². The van der Waals surface area contributed by atoms with Crippen LogP contribution in [0.1, 0.15) is 55.9 Å². The number of hydrogen-bond acceptors (Lipinski definition) is 4. The molecule has 5 rings (SSSR count). The SMILES string of the molecule is Cc1onc2c1c(=O)n(C1CCCC(NC(=O)C(C)c3ccccc3)C1)c1cccc(Cl)c21. The molecule has 0 bridgehead atoms. The van der Waals surface area contributed by atoms with Crippen LogP contribution in [-0.2, 0) is 4.79 Å². The van der Waals surface area contributed by atoms with Crippen molar-refractivity contribution in [1.29, 1.82) is 0 Å². The van der Waals surface area contributed by atoms with Crippen molar-refractivity contribution in [2.24, 2.45) is 0 Å². The van der Waals surface area contributed by atoms with Crippen molar-refractivity contribution < 1.29 is 9.32 Å². The van der Waals surface area contributed by atoms with Crippen molar-refractivity contribution in [3.05, 3.63) is 75.2 Å². The molecule has 4 aromatic rings. The number of carbonyl (C=O) groups excluding carboxylic acids is 1. The summed E-state index contributed by atoms with van der Waals surface area (Å²) in [5, 5.41) is 9.10. The Kier molecular flexibility index (Phi) is 5.71. The topological polar surface area (TPSA) is 77.1 Å². The van der Waals surface area contributed by atoms with Crippen LogP contribution in [0.25, 0.3) is 21.8 Å². The fourth-order valence-corrected chi connectivity index (χ4v) is 5.34. The predicted molar refractivity (Wildman–Crippen MR) is 130 cm³/mol. The van der Waals surface area contributed by atoms with Crippen molar-refractivity contribution in [2.45, 2.75) is 57.5 Å². The van der Waals surface area contributed by atoms with Crippen LogP contribution in [0.5, 0.6) is 0 Å². The van der Waals surface area contributed by atoms with Gasteiger partial charge < -0.3 is 14.4 Å². The van der Waals surface area contributed by atoms with Gasteiger partial charge in [0.1, 0.15) is 16.7 Å². The lowest BCUT2D eigenvalue weighted by molar-refractivity contribution is -0.123. The van der Waals surface area contributed by atoms with Crippen LogP contribution in [0.15, 0.2) is 57.8 Å². The molecule has 1 aliphatic carbocycles. The van der Waals surface area contributed by atoms with E-state index in [9.17, 15) is 9.59 Å². The smallest absolute Gasteiger partial charge is 0.264 e. The molecule has 1 amide bonds. The van der Waals surface area contributed by atoms with Gasteiger partial charge in [0.2, 0.25) is 5.91 Å². The highest BCUT2D eigenvalue weighted by molar-refractivity contribution is 6.37. The van der Waals surface area contributed by atoms with E-state index in [1.54, 1.807) is 13.0 Å². The van der Waals surface area contributed by atoms with E-state index in [0.717, 1.165) is 35.7 Å². The Labute approximate surface area is 196 Å². The zero-order valence-corrected chi connectivity index (χ0v) is 19.4. The molecule has 2 heterocycles. The Morgan fingerprint density at radius 3 is 2.73 bits per heavy atom. The first kappa shape index (κ1) is 21.7. The molecule has 3 unspecified atom stereocenters. The third-order valence-electron chi connectivity index (χ3n) is 6.83. The molecule has 0 aliphatic heterocycles. The van der Waals surface area contributed by atoms with Gasteiger partial charge in [-0.3, -0.25) is 9.59 Å². The number of nitrogens with zero attached hydrogens (tertiary/aromatic N) is 2. The molecule has 6 nitrogen and oxygen atoms in total. The second-order valence-electron chi connectivity index (χ2n) is 8.93. The minimum absolute atomic E-state index is 0.00261. The van der Waals surface area contributed by atoms with Crippen molar-refractivity contribution in [3.63, 3.8) is 0 Å². The standard InChI is InChI=1S/C26H26ClN3O3/c1-15(17-8-4-3-5-9-17)25(31)28-18-10-6-11-19(14-18)30-21-13-7-12-20(27)23(21)24-22(26(30)32)16(2)33-29-24/h3-5,7-9,12-13,15,18-19H,6,10-11,14H2,1-2H3,(H,28,31). The lowest BCUT2D eigenvalue weighted by atomic mass is 9.89. The van der Waals surface area contributed by atoms with Crippen LogP contribution >= 0.6 is 11.6 Å². The average molecular weight is 464 g/mol. The Hall–Kier alpha value is -3.12. The summed E-state index contributed by atoms with van der Waals surface area (Å²) in [7, 11) is 0. The molecule has 1 N–H and O–H groups in total. The predicted octanol–water partition coefficient (Wildman–Crippen LogP) is 5.51. The second-order valence-corrected chi connectivity index (χ2v) is 9.34. The summed E-state index contributed by atoms with van der Waals surface area (Å²) in [5.74, 6) is 0.269. The Morgan fingerprint density at radius 1 is 1.15 bits per heavy atom. The van der Waals surface area contributed by atoms with E-state index in [-0.39, 0.29) is 29.5 Å². The molecule has 2 aromatic heterocycles. The molecular formula is C26H26ClN3O3. The number of halogens is 1. The van der Waals surface area contributed by atoms with Crippen molar-refractivity contribution in [2.75, 3.05) is 0 Å². The Balaban J connectivity index is 1.48. The minimum atomic E-state index is -0.232. The molecule has 1 saturated carbocycles. The number of aromatic nitrogens is 2. The molecule has 2 aromatic carbocycles. The number of rotatable bonds is 4. The molecule has 1 fully saturated rings. The van der Waals surface area contributed by atoms with E-state index >= 15 is 0 Å². The maximum Gasteiger partial charge on any atom is 0.264 e. The Bertz CT molecular complexity index is 1390. The van der Waals surface area contributed by atoms with Crippen LogP contribution in [0.2, 0.25) is 5.02 Å². The van der Waals surface area contributed by atoms with Gasteiger partial charge in [0, 0.05) is 17.5 Å². The first-order chi connectivity index (χ1) is 16.0. The number of hydrogen-bond donors (Lipinski definition) is 1. The van der Waals surface area contributed by atoms with Gasteiger partial charge >= 0.3 is 0 Å². The number of fused-ring (bicyclic) bond motifs is 3. The Morgan fingerprint density at radius 2 is 1.94 bits per heavy atom. The summed E-state index contributed by atoms with van der Waals surface area (Å²) in [4.78, 5) is 26.5. The maximum absolute atomic E-state index is 13.6. The molecule has 33 heavy (non-hydrogen) atoms. The van der Waals surface area contributed by atoms with E-state index in [2.05, 4.69) is 10.5 Å². The minimum Gasteiger partial charge on any atom is -0.360 e. The summed E-state index contributed by atoms with van der Waals surface area (Å²) < 4.78 is 7.20. The summed E-state index contributed by atoms with van der Waals surface area (Å²) in [6.07, 6.45) is 3.36. The fourth-order valence-electron chi connectivity index (χ4n) is 5.08. The molecule has 1 aliphatic rings. The number of amides is 1. The van der Waals surface area contributed by atoms with Gasteiger partial charge in [0.05, 0.1) is 16.5 Å². The van der Waals surface area contributed by atoms with Crippen molar-refractivity contribution >= 4 is 39.3 Å². The monoisotopic (exact) mass is 463 g/mol. The van der Waals surface area contributed by atoms with Gasteiger partial charge in [-0.05, 0) is 57.2 Å². The van der Waals surface area contributed by atoms with Gasteiger partial charge in [0.15, 0.2) is 0 Å². The number of nitrogens with one attached hydrogen (secondary N) is 1. The second kappa shape index (κ2) is 8.67. The summed E-state index contributed by atoms with van der Waals surface area (Å²) in [5.41, 5.74) is 2.13. The number of benzene rings is 2. The first-order valence-electron chi connectivity index (χ1n) is 11.4. The van der Waals surface area contributed by atoms with Crippen LogP contribution in [0.3, 0.4) is 0 Å². The normalized spacial score (nSPS) is 19.6. The lowest BCUT2D eigenvalue weighted by Crippen LogP contribution is -2.42. The highest BCUT2D eigenvalue weighted by Gasteiger charge is 2.29. The van der Waals surface area contributed by atoms with Crippen LogP contribution in [-0.4, -0.2) is 21.7 Å². The van der Waals surface area contributed by atoms with E-state index in [1.165, 1.54) is 0 Å². The maximum atomic E-state index is 13.6. The molecule has 7 heteroatoms. The highest BCUT2D eigenvalue weighted by Crippen LogP contribution is 2.35. The van der Waals surface area contributed by atoms with Gasteiger partial charge in [0.25, 0.3) is 5.56 Å². The molecule has 170 valence electrons. The van der Waals surface area contributed by atoms with E-state index in [4.69, 9.17) is 16.1 Å².